The lowest BCUT2D eigenvalue weighted by Crippen LogP contribution is -2.44. The number of likely N-dealkylation sites (N-methyl/N-ethyl adjacent to an activating group) is 1. The molecule has 0 atom stereocenters. The third-order valence-corrected chi connectivity index (χ3v) is 7.85. The Hall–Kier alpha value is -4.84. The minimum atomic E-state index is -0.232. The SMILES string of the molecule is COCCOc1cc2ncnc(Nc3ccc4c(cnn4Cc4ccccc4)c3)c2cc1NC(=O)C=CCN1CCN(C)CC1. The number of rotatable bonds is 12. The van der Waals surface area contributed by atoms with E-state index in [1.165, 1.54) is 11.9 Å². The summed E-state index contributed by atoms with van der Waals surface area (Å²) in [6.07, 6.45) is 6.87. The number of benzene rings is 3. The van der Waals surface area contributed by atoms with E-state index in [1.807, 2.05) is 59.4 Å². The maximum Gasteiger partial charge on any atom is 0.248 e. The van der Waals surface area contributed by atoms with Gasteiger partial charge in [-0.15, -0.1) is 0 Å². The lowest BCUT2D eigenvalue weighted by molar-refractivity contribution is -0.111. The van der Waals surface area contributed by atoms with Crippen molar-refractivity contribution in [2.75, 3.05) is 70.7 Å². The summed E-state index contributed by atoms with van der Waals surface area (Å²) >= 11 is 0. The molecule has 5 aromatic rings. The second-order valence-electron chi connectivity index (χ2n) is 11.1. The Kier molecular flexibility index (Phi) is 9.59. The molecule has 1 aliphatic rings. The van der Waals surface area contributed by atoms with Crippen LogP contribution in [0, 0.1) is 0 Å². The van der Waals surface area contributed by atoms with Gasteiger partial charge in [-0.2, -0.15) is 5.10 Å². The third kappa shape index (κ3) is 7.63. The van der Waals surface area contributed by atoms with Crippen LogP contribution in [0.25, 0.3) is 21.8 Å². The van der Waals surface area contributed by atoms with Gasteiger partial charge < -0.3 is 25.0 Å². The molecule has 3 aromatic carbocycles. The number of methoxy groups -OCH3 is 1. The quantitative estimate of drug-likeness (QED) is 0.156. The zero-order valence-electron chi connectivity index (χ0n) is 25.6. The number of hydrogen-bond acceptors (Lipinski definition) is 9. The van der Waals surface area contributed by atoms with Crippen LogP contribution in [-0.2, 0) is 16.1 Å². The number of hydrogen-bond donors (Lipinski definition) is 2. The van der Waals surface area contributed by atoms with Crippen LogP contribution in [0.3, 0.4) is 0 Å². The molecule has 1 aliphatic heterocycles. The van der Waals surface area contributed by atoms with E-state index in [0.717, 1.165) is 54.7 Å². The minimum Gasteiger partial charge on any atom is -0.489 e. The van der Waals surface area contributed by atoms with Crippen LogP contribution in [0.5, 0.6) is 5.75 Å². The Bertz CT molecular complexity index is 1780. The van der Waals surface area contributed by atoms with Crippen LogP contribution in [0.15, 0.2) is 85.3 Å². The fourth-order valence-corrected chi connectivity index (χ4v) is 5.33. The molecule has 2 aromatic heterocycles. The molecule has 3 heterocycles. The number of ether oxygens (including phenoxy) is 2. The van der Waals surface area contributed by atoms with E-state index in [2.05, 4.69) is 60.7 Å². The molecule has 6 rings (SSSR count). The summed E-state index contributed by atoms with van der Waals surface area (Å²) in [5.41, 5.74) is 4.31. The molecule has 0 unspecified atom stereocenters. The highest BCUT2D eigenvalue weighted by molar-refractivity contribution is 6.03. The van der Waals surface area contributed by atoms with Crippen molar-refractivity contribution in [1.82, 2.24) is 29.5 Å². The standard InChI is InChI=1S/C34H38N8O3/c1-40-13-15-41(16-14-40)12-6-9-33(43)39-30-20-28-29(21-32(30)45-18-17-44-2)35-24-36-34(28)38-27-10-11-31-26(19-27)22-37-42(31)23-25-7-4-3-5-8-25/h3-11,19-22,24H,12-18,23H2,1-2H3,(H,39,43)(H,35,36,38). The van der Waals surface area contributed by atoms with Crippen LogP contribution in [0.1, 0.15) is 5.56 Å². The van der Waals surface area contributed by atoms with Crippen molar-refractivity contribution in [1.29, 1.82) is 0 Å². The van der Waals surface area contributed by atoms with E-state index in [0.29, 0.717) is 42.5 Å². The molecule has 11 heteroatoms. The van der Waals surface area contributed by atoms with E-state index in [1.54, 1.807) is 13.2 Å². The fraction of sp³-hybridized carbons (Fsp3) is 0.294. The lowest BCUT2D eigenvalue weighted by atomic mass is 10.1. The first-order valence-corrected chi connectivity index (χ1v) is 15.1. The van der Waals surface area contributed by atoms with E-state index in [-0.39, 0.29) is 5.91 Å². The molecule has 2 N–H and O–H groups in total. The van der Waals surface area contributed by atoms with Crippen LogP contribution in [-0.4, -0.2) is 95.6 Å². The Morgan fingerprint density at radius 2 is 1.84 bits per heavy atom. The number of anilines is 3. The zero-order chi connectivity index (χ0) is 31.0. The lowest BCUT2D eigenvalue weighted by Gasteiger charge is -2.31. The number of carbonyl (C=O) groups is 1. The summed E-state index contributed by atoms with van der Waals surface area (Å²) in [6, 6.07) is 20.1. The number of nitrogens with one attached hydrogen (secondary N) is 2. The van der Waals surface area contributed by atoms with Gasteiger partial charge in [0, 0.05) is 68.4 Å². The summed E-state index contributed by atoms with van der Waals surface area (Å²) in [7, 11) is 3.75. The van der Waals surface area contributed by atoms with Crippen molar-refractivity contribution in [3.05, 3.63) is 90.9 Å². The summed E-state index contributed by atoms with van der Waals surface area (Å²) in [5.74, 6) is 0.891. The molecule has 1 saturated heterocycles. The van der Waals surface area contributed by atoms with Crippen LogP contribution in [0.4, 0.5) is 17.2 Å². The number of fused-ring (bicyclic) bond motifs is 2. The molecular weight excluding hydrogens is 568 g/mol. The van der Waals surface area contributed by atoms with E-state index in [4.69, 9.17) is 9.47 Å². The molecule has 45 heavy (non-hydrogen) atoms. The zero-order valence-corrected chi connectivity index (χ0v) is 25.6. The predicted octanol–water partition coefficient (Wildman–Crippen LogP) is 4.54. The first kappa shape index (κ1) is 30.2. The predicted molar refractivity (Wildman–Crippen MR) is 177 cm³/mol. The van der Waals surface area contributed by atoms with Gasteiger partial charge in [0.25, 0.3) is 0 Å². The van der Waals surface area contributed by atoms with Gasteiger partial charge in [-0.25, -0.2) is 9.97 Å². The first-order chi connectivity index (χ1) is 22.1. The highest BCUT2D eigenvalue weighted by Gasteiger charge is 2.15. The highest BCUT2D eigenvalue weighted by atomic mass is 16.5. The van der Waals surface area contributed by atoms with Gasteiger partial charge in [0.15, 0.2) is 0 Å². The van der Waals surface area contributed by atoms with Crippen molar-refractivity contribution in [3.8, 4) is 5.75 Å². The molecule has 1 fully saturated rings. The normalized spacial score (nSPS) is 14.4. The molecule has 0 saturated carbocycles. The largest absolute Gasteiger partial charge is 0.489 e. The van der Waals surface area contributed by atoms with Crippen molar-refractivity contribution in [3.63, 3.8) is 0 Å². The summed E-state index contributed by atoms with van der Waals surface area (Å²) in [5, 5.41) is 12.8. The van der Waals surface area contributed by atoms with Crippen LogP contribution in [0.2, 0.25) is 0 Å². The maximum absolute atomic E-state index is 13.0. The molecule has 1 amide bonds. The number of aromatic nitrogens is 4. The van der Waals surface area contributed by atoms with Crippen molar-refractivity contribution >= 4 is 44.9 Å². The molecule has 11 nitrogen and oxygen atoms in total. The van der Waals surface area contributed by atoms with Crippen molar-refractivity contribution in [2.45, 2.75) is 6.54 Å². The first-order valence-electron chi connectivity index (χ1n) is 15.1. The van der Waals surface area contributed by atoms with E-state index < -0.39 is 0 Å². The van der Waals surface area contributed by atoms with Gasteiger partial charge in [-0.3, -0.25) is 14.4 Å². The topological polar surface area (TPSA) is 110 Å². The van der Waals surface area contributed by atoms with Gasteiger partial charge >= 0.3 is 0 Å². The molecule has 0 aliphatic carbocycles. The van der Waals surface area contributed by atoms with Crippen molar-refractivity contribution in [2.24, 2.45) is 0 Å². The van der Waals surface area contributed by atoms with Gasteiger partial charge in [0.1, 0.15) is 24.5 Å². The highest BCUT2D eigenvalue weighted by Crippen LogP contribution is 2.34. The second-order valence-corrected chi connectivity index (χ2v) is 11.1. The Morgan fingerprint density at radius 1 is 1.00 bits per heavy atom. The van der Waals surface area contributed by atoms with Crippen LogP contribution >= 0.6 is 0 Å². The van der Waals surface area contributed by atoms with E-state index >= 15 is 0 Å². The molecule has 0 spiro atoms. The van der Waals surface area contributed by atoms with E-state index in [9.17, 15) is 4.79 Å². The number of carbonyl (C=O) groups excluding carboxylic acids is 1. The van der Waals surface area contributed by atoms with Gasteiger partial charge in [0.2, 0.25) is 5.91 Å². The summed E-state index contributed by atoms with van der Waals surface area (Å²) < 4.78 is 13.1. The molecule has 232 valence electrons. The smallest absolute Gasteiger partial charge is 0.248 e. The second kappa shape index (κ2) is 14.3. The molecular formula is C34H38N8O3. The average molecular weight is 607 g/mol. The summed E-state index contributed by atoms with van der Waals surface area (Å²) in [6.45, 7) is 6.21. The number of amides is 1. The van der Waals surface area contributed by atoms with Gasteiger partial charge in [-0.05, 0) is 36.9 Å². The molecule has 0 bridgehead atoms. The average Bonchev–Trinajstić information content (AvgIpc) is 3.44. The van der Waals surface area contributed by atoms with Gasteiger partial charge in [0.05, 0.1) is 36.1 Å². The third-order valence-electron chi connectivity index (χ3n) is 7.85. The maximum atomic E-state index is 13.0. The number of nitrogens with zero attached hydrogens (tertiary/aromatic N) is 6. The number of piperazine rings is 1. The molecule has 0 radical (unpaired) electrons. The monoisotopic (exact) mass is 606 g/mol. The van der Waals surface area contributed by atoms with Crippen molar-refractivity contribution < 1.29 is 14.3 Å². The Morgan fingerprint density at radius 3 is 2.67 bits per heavy atom. The fourth-order valence-electron chi connectivity index (χ4n) is 5.33. The van der Waals surface area contributed by atoms with Crippen LogP contribution < -0.4 is 15.4 Å². The Balaban J connectivity index is 1.22. The summed E-state index contributed by atoms with van der Waals surface area (Å²) in [4.78, 5) is 26.6. The minimum absolute atomic E-state index is 0.232. The Labute approximate surface area is 262 Å². The van der Waals surface area contributed by atoms with Gasteiger partial charge in [-0.1, -0.05) is 36.4 Å².